The Kier molecular flexibility index (Phi) is 4.39. The fraction of sp³-hybridized carbons (Fsp3) is 0.700. The maximum atomic E-state index is 11.3. The number of nitrogens with one attached hydrogen (secondary N) is 2. The number of H-pyrrole nitrogens is 1. The molecule has 6 nitrogen and oxygen atoms in total. The predicted octanol–water partition coefficient (Wildman–Crippen LogP) is 1.04. The van der Waals surface area contributed by atoms with E-state index in [9.17, 15) is 4.79 Å². The molecule has 0 amide bonds. The van der Waals surface area contributed by atoms with Crippen LogP contribution in [0.15, 0.2) is 9.95 Å². The van der Waals surface area contributed by atoms with Gasteiger partial charge in [0.2, 0.25) is 0 Å². The minimum absolute atomic E-state index is 0.180. The molecule has 4 N–H and O–H groups in total. The van der Waals surface area contributed by atoms with Crippen LogP contribution in [0, 0.1) is 10.8 Å². The molecule has 0 aliphatic carbocycles. The van der Waals surface area contributed by atoms with Gasteiger partial charge in [-0.1, -0.05) is 25.6 Å². The van der Waals surface area contributed by atoms with Gasteiger partial charge in [0, 0.05) is 17.7 Å². The first-order chi connectivity index (χ1) is 7.88. The van der Waals surface area contributed by atoms with Crippen molar-refractivity contribution in [3.63, 3.8) is 0 Å². The van der Waals surface area contributed by atoms with E-state index in [1.165, 1.54) is 11.8 Å². The van der Waals surface area contributed by atoms with Crippen molar-refractivity contribution in [2.24, 2.45) is 11.1 Å². The van der Waals surface area contributed by atoms with Crippen LogP contribution in [0.1, 0.15) is 27.2 Å². The molecule has 96 valence electrons. The molecule has 1 aromatic heterocycles. The van der Waals surface area contributed by atoms with Crippen LogP contribution in [0.4, 0.5) is 0 Å². The average Bonchev–Trinajstić information content (AvgIpc) is 2.59. The summed E-state index contributed by atoms with van der Waals surface area (Å²) >= 11 is 1.51. The molecular formula is C10H19N5OS. The van der Waals surface area contributed by atoms with Crippen LogP contribution in [0.2, 0.25) is 0 Å². The van der Waals surface area contributed by atoms with Crippen molar-refractivity contribution < 1.29 is 0 Å². The number of hydrogen-bond acceptors (Lipinski definition) is 4. The lowest BCUT2D eigenvalue weighted by molar-refractivity contribution is 0.499. The van der Waals surface area contributed by atoms with Crippen molar-refractivity contribution >= 4 is 17.6 Å². The lowest BCUT2D eigenvalue weighted by Crippen LogP contribution is -2.31. The van der Waals surface area contributed by atoms with E-state index in [1.54, 1.807) is 4.57 Å². The predicted molar refractivity (Wildman–Crippen MR) is 69.6 cm³/mol. The molecule has 1 rings (SSSR count). The topological polar surface area (TPSA) is 101 Å². The Morgan fingerprint density at radius 3 is 2.82 bits per heavy atom. The Bertz CT molecular complexity index is 448. The second-order valence-electron chi connectivity index (χ2n) is 4.45. The van der Waals surface area contributed by atoms with Crippen molar-refractivity contribution in [2.45, 2.75) is 38.9 Å². The molecule has 0 atom stereocenters. The summed E-state index contributed by atoms with van der Waals surface area (Å²) in [7, 11) is 0. The van der Waals surface area contributed by atoms with Gasteiger partial charge in [0.05, 0.1) is 5.84 Å². The first kappa shape index (κ1) is 13.8. The zero-order chi connectivity index (χ0) is 13.1. The Hall–Kier alpha value is -1.24. The van der Waals surface area contributed by atoms with Crippen LogP contribution < -0.4 is 11.4 Å². The third-order valence-electron chi connectivity index (χ3n) is 2.73. The van der Waals surface area contributed by atoms with Crippen molar-refractivity contribution in [3.05, 3.63) is 10.5 Å². The van der Waals surface area contributed by atoms with E-state index in [0.29, 0.717) is 11.7 Å². The minimum atomic E-state index is -0.305. The molecule has 0 aliphatic heterocycles. The second-order valence-corrected chi connectivity index (χ2v) is 5.51. The molecule has 0 bridgehead atoms. The second kappa shape index (κ2) is 5.39. The molecule has 0 aliphatic rings. The summed E-state index contributed by atoms with van der Waals surface area (Å²) in [6.45, 7) is 6.38. The van der Waals surface area contributed by atoms with Gasteiger partial charge in [-0.05, 0) is 13.3 Å². The van der Waals surface area contributed by atoms with E-state index in [-0.39, 0.29) is 16.9 Å². The highest BCUT2D eigenvalue weighted by atomic mass is 32.2. The summed E-state index contributed by atoms with van der Waals surface area (Å²) in [5, 5.41) is 14.5. The fourth-order valence-corrected chi connectivity index (χ4v) is 2.50. The highest BCUT2D eigenvalue weighted by Crippen LogP contribution is 2.24. The smallest absolute Gasteiger partial charge is 0.343 e. The SMILES string of the molecule is CCn1c(SCCC(C)(C)C(=N)N)n[nH]c1=O. The number of amidine groups is 1. The zero-order valence-electron chi connectivity index (χ0n) is 10.4. The van der Waals surface area contributed by atoms with Gasteiger partial charge in [0.25, 0.3) is 0 Å². The van der Waals surface area contributed by atoms with E-state index in [0.717, 1.165) is 12.2 Å². The summed E-state index contributed by atoms with van der Waals surface area (Å²) < 4.78 is 1.59. The van der Waals surface area contributed by atoms with Crippen molar-refractivity contribution in [3.8, 4) is 0 Å². The lowest BCUT2D eigenvalue weighted by atomic mass is 9.89. The highest BCUT2D eigenvalue weighted by Gasteiger charge is 2.21. The molecular weight excluding hydrogens is 238 g/mol. The number of nitrogens with zero attached hydrogens (tertiary/aromatic N) is 2. The number of rotatable bonds is 6. The van der Waals surface area contributed by atoms with Crippen molar-refractivity contribution in [1.82, 2.24) is 14.8 Å². The van der Waals surface area contributed by atoms with Gasteiger partial charge in [-0.2, -0.15) is 0 Å². The molecule has 0 fully saturated rings. The number of thioether (sulfide) groups is 1. The minimum Gasteiger partial charge on any atom is -0.387 e. The van der Waals surface area contributed by atoms with Crippen LogP contribution in [0.5, 0.6) is 0 Å². The van der Waals surface area contributed by atoms with E-state index in [2.05, 4.69) is 10.2 Å². The van der Waals surface area contributed by atoms with E-state index >= 15 is 0 Å². The molecule has 1 heterocycles. The summed E-state index contributed by atoms with van der Waals surface area (Å²) in [6.07, 6.45) is 0.776. The zero-order valence-corrected chi connectivity index (χ0v) is 11.2. The van der Waals surface area contributed by atoms with Crippen LogP contribution in [-0.2, 0) is 6.54 Å². The molecule has 0 radical (unpaired) electrons. The highest BCUT2D eigenvalue weighted by molar-refractivity contribution is 7.99. The van der Waals surface area contributed by atoms with Gasteiger partial charge < -0.3 is 5.73 Å². The molecule has 1 aromatic rings. The lowest BCUT2D eigenvalue weighted by Gasteiger charge is -2.22. The van der Waals surface area contributed by atoms with Crippen LogP contribution in [-0.4, -0.2) is 26.4 Å². The number of aromatic amines is 1. The van der Waals surface area contributed by atoms with Crippen LogP contribution >= 0.6 is 11.8 Å². The molecule has 0 spiro atoms. The largest absolute Gasteiger partial charge is 0.387 e. The van der Waals surface area contributed by atoms with Gasteiger partial charge in [0.1, 0.15) is 0 Å². The third-order valence-corrected chi connectivity index (χ3v) is 3.70. The fourth-order valence-electron chi connectivity index (χ4n) is 1.22. The standard InChI is InChI=1S/C10H19N5OS/c1-4-15-8(16)13-14-9(15)17-6-5-10(2,3)7(11)12/h4-6H2,1-3H3,(H3,11,12)(H,13,16). The summed E-state index contributed by atoms with van der Waals surface area (Å²) in [4.78, 5) is 11.3. The van der Waals surface area contributed by atoms with Gasteiger partial charge >= 0.3 is 5.69 Å². The first-order valence-electron chi connectivity index (χ1n) is 5.51. The first-order valence-corrected chi connectivity index (χ1v) is 6.49. The van der Waals surface area contributed by atoms with Crippen molar-refractivity contribution in [1.29, 1.82) is 5.41 Å². The van der Waals surface area contributed by atoms with Gasteiger partial charge in [-0.25, -0.2) is 9.89 Å². The summed E-state index contributed by atoms with van der Waals surface area (Å²) in [5.41, 5.74) is 5.02. The average molecular weight is 257 g/mol. The maximum absolute atomic E-state index is 11.3. The van der Waals surface area contributed by atoms with Gasteiger partial charge in [-0.15, -0.1) is 5.10 Å². The van der Waals surface area contributed by atoms with E-state index in [1.807, 2.05) is 20.8 Å². The quantitative estimate of drug-likeness (QED) is 0.402. The van der Waals surface area contributed by atoms with Crippen LogP contribution in [0.25, 0.3) is 0 Å². The summed E-state index contributed by atoms with van der Waals surface area (Å²) in [5.74, 6) is 0.963. The Labute approximate surface area is 104 Å². The third kappa shape index (κ3) is 3.36. The van der Waals surface area contributed by atoms with E-state index in [4.69, 9.17) is 11.1 Å². The normalized spacial score (nSPS) is 11.7. The van der Waals surface area contributed by atoms with Gasteiger partial charge in [0.15, 0.2) is 5.16 Å². The monoisotopic (exact) mass is 257 g/mol. The number of aromatic nitrogens is 3. The maximum Gasteiger partial charge on any atom is 0.343 e. The molecule has 0 aromatic carbocycles. The molecule has 0 unspecified atom stereocenters. The summed E-state index contributed by atoms with van der Waals surface area (Å²) in [6, 6.07) is 0. The Morgan fingerprint density at radius 1 is 1.65 bits per heavy atom. The molecule has 0 saturated heterocycles. The Morgan fingerprint density at radius 2 is 2.29 bits per heavy atom. The number of hydrogen-bond donors (Lipinski definition) is 3. The van der Waals surface area contributed by atoms with E-state index < -0.39 is 0 Å². The van der Waals surface area contributed by atoms with Crippen LogP contribution in [0.3, 0.4) is 0 Å². The number of nitrogens with two attached hydrogens (primary N) is 1. The molecule has 17 heavy (non-hydrogen) atoms. The molecule has 0 saturated carbocycles. The molecule has 7 heteroatoms. The van der Waals surface area contributed by atoms with Crippen molar-refractivity contribution in [2.75, 3.05) is 5.75 Å². The van der Waals surface area contributed by atoms with Gasteiger partial charge in [-0.3, -0.25) is 9.98 Å². The Balaban J connectivity index is 2.57.